The van der Waals surface area contributed by atoms with Gasteiger partial charge in [0.05, 0.1) is 0 Å². The lowest BCUT2D eigenvalue weighted by Crippen LogP contribution is -2.34. The fraction of sp³-hybridized carbons (Fsp3) is 0.462. The van der Waals surface area contributed by atoms with Gasteiger partial charge >= 0.3 is 0 Å². The average Bonchev–Trinajstić information content (AvgIpc) is 2.15. The lowest BCUT2D eigenvalue weighted by atomic mass is 9.96. The van der Waals surface area contributed by atoms with Gasteiger partial charge in [0.1, 0.15) is 5.82 Å². The molecule has 0 aliphatic carbocycles. The van der Waals surface area contributed by atoms with E-state index in [-0.39, 0.29) is 17.1 Å². The van der Waals surface area contributed by atoms with Crippen LogP contribution in [0.3, 0.4) is 0 Å². The van der Waals surface area contributed by atoms with Gasteiger partial charge in [0.2, 0.25) is 0 Å². The molecule has 0 fully saturated rings. The second-order valence-corrected chi connectivity index (χ2v) is 5.23. The van der Waals surface area contributed by atoms with E-state index in [1.165, 1.54) is 24.3 Å². The highest BCUT2D eigenvalue weighted by Gasteiger charge is 2.18. The number of hydrogen-bond donors (Lipinski definition) is 0. The molecule has 1 aromatic rings. The van der Waals surface area contributed by atoms with Crippen molar-refractivity contribution in [3.63, 3.8) is 0 Å². The van der Waals surface area contributed by atoms with Gasteiger partial charge in [-0.1, -0.05) is 20.8 Å². The summed E-state index contributed by atoms with van der Waals surface area (Å²) < 4.78 is 12.7. The first-order chi connectivity index (χ1) is 7.29. The molecule has 0 unspecified atom stereocenters. The number of amides is 1. The molecule has 0 aliphatic heterocycles. The molecule has 0 aromatic heterocycles. The third kappa shape index (κ3) is 3.65. The normalized spacial score (nSPS) is 11.3. The molecule has 88 valence electrons. The maximum atomic E-state index is 12.7. The van der Waals surface area contributed by atoms with Crippen molar-refractivity contribution in [3.8, 4) is 0 Å². The number of carbonyl (C=O) groups excluding carboxylic acids is 1. The van der Waals surface area contributed by atoms with Gasteiger partial charge in [-0.15, -0.1) is 0 Å². The molecule has 0 radical (unpaired) electrons. The molecular weight excluding hydrogens is 205 g/mol. The molecule has 0 heterocycles. The monoisotopic (exact) mass is 223 g/mol. The standard InChI is InChI=1S/C13H18FNO/c1-13(2,3)9-15(4)12(16)10-5-7-11(14)8-6-10/h5-8H,9H2,1-4H3. The van der Waals surface area contributed by atoms with Crippen LogP contribution in [0.25, 0.3) is 0 Å². The molecule has 2 nitrogen and oxygen atoms in total. The van der Waals surface area contributed by atoms with Crippen LogP contribution in [-0.4, -0.2) is 24.4 Å². The molecule has 16 heavy (non-hydrogen) atoms. The Morgan fingerprint density at radius 2 is 1.75 bits per heavy atom. The smallest absolute Gasteiger partial charge is 0.253 e. The van der Waals surface area contributed by atoms with Crippen molar-refractivity contribution in [2.75, 3.05) is 13.6 Å². The zero-order chi connectivity index (χ0) is 12.3. The zero-order valence-corrected chi connectivity index (χ0v) is 10.2. The van der Waals surface area contributed by atoms with Crippen molar-refractivity contribution in [3.05, 3.63) is 35.6 Å². The van der Waals surface area contributed by atoms with Crippen molar-refractivity contribution >= 4 is 5.91 Å². The van der Waals surface area contributed by atoms with E-state index in [0.29, 0.717) is 12.1 Å². The molecule has 0 saturated heterocycles. The van der Waals surface area contributed by atoms with E-state index >= 15 is 0 Å². The first-order valence-electron chi connectivity index (χ1n) is 5.31. The van der Waals surface area contributed by atoms with Crippen molar-refractivity contribution < 1.29 is 9.18 Å². The Bertz CT molecular complexity index is 365. The van der Waals surface area contributed by atoms with Crippen molar-refractivity contribution in [1.82, 2.24) is 4.90 Å². The van der Waals surface area contributed by atoms with E-state index in [4.69, 9.17) is 0 Å². The molecule has 1 aromatic carbocycles. The van der Waals surface area contributed by atoms with E-state index < -0.39 is 0 Å². The molecular formula is C13H18FNO. The topological polar surface area (TPSA) is 20.3 Å². The van der Waals surface area contributed by atoms with Crippen LogP contribution in [0, 0.1) is 11.2 Å². The summed E-state index contributed by atoms with van der Waals surface area (Å²) in [5, 5.41) is 0. The fourth-order valence-corrected chi connectivity index (χ4v) is 1.60. The molecule has 0 aliphatic rings. The first-order valence-corrected chi connectivity index (χ1v) is 5.31. The summed E-state index contributed by atoms with van der Waals surface area (Å²) in [6, 6.07) is 5.63. The second-order valence-electron chi connectivity index (χ2n) is 5.23. The van der Waals surface area contributed by atoms with Gasteiger partial charge in [-0.2, -0.15) is 0 Å². The molecule has 0 saturated carbocycles. The van der Waals surface area contributed by atoms with E-state index in [0.717, 1.165) is 0 Å². The summed E-state index contributed by atoms with van der Waals surface area (Å²) in [5.74, 6) is -0.398. The summed E-state index contributed by atoms with van der Waals surface area (Å²) in [6.07, 6.45) is 0. The predicted octanol–water partition coefficient (Wildman–Crippen LogP) is 2.94. The van der Waals surface area contributed by atoms with Gasteiger partial charge in [0.15, 0.2) is 0 Å². The third-order valence-corrected chi connectivity index (χ3v) is 2.15. The number of nitrogens with zero attached hydrogens (tertiary/aromatic N) is 1. The molecule has 0 bridgehead atoms. The zero-order valence-electron chi connectivity index (χ0n) is 10.2. The van der Waals surface area contributed by atoms with Crippen LogP contribution in [0.15, 0.2) is 24.3 Å². The summed E-state index contributed by atoms with van der Waals surface area (Å²) in [6.45, 7) is 6.88. The van der Waals surface area contributed by atoms with Gasteiger partial charge in [0, 0.05) is 19.2 Å². The van der Waals surface area contributed by atoms with Crippen molar-refractivity contribution in [1.29, 1.82) is 0 Å². The van der Waals surface area contributed by atoms with Crippen molar-refractivity contribution in [2.24, 2.45) is 5.41 Å². The Labute approximate surface area is 96.1 Å². The largest absolute Gasteiger partial charge is 0.341 e. The summed E-state index contributed by atoms with van der Waals surface area (Å²) >= 11 is 0. The average molecular weight is 223 g/mol. The minimum Gasteiger partial charge on any atom is -0.341 e. The summed E-state index contributed by atoms with van der Waals surface area (Å²) in [5.41, 5.74) is 0.581. The van der Waals surface area contributed by atoms with E-state index in [9.17, 15) is 9.18 Å². The maximum absolute atomic E-state index is 12.7. The molecule has 1 amide bonds. The van der Waals surface area contributed by atoms with Crippen LogP contribution in [-0.2, 0) is 0 Å². The van der Waals surface area contributed by atoms with E-state index in [2.05, 4.69) is 20.8 Å². The minimum absolute atomic E-state index is 0.0600. The Balaban J connectivity index is 2.74. The van der Waals surface area contributed by atoms with E-state index in [1.54, 1.807) is 11.9 Å². The van der Waals surface area contributed by atoms with Gasteiger partial charge < -0.3 is 4.90 Å². The highest BCUT2D eigenvalue weighted by molar-refractivity contribution is 5.94. The lowest BCUT2D eigenvalue weighted by molar-refractivity contribution is 0.0745. The highest BCUT2D eigenvalue weighted by atomic mass is 19.1. The van der Waals surface area contributed by atoms with Crippen LogP contribution >= 0.6 is 0 Å². The van der Waals surface area contributed by atoms with Crippen LogP contribution < -0.4 is 0 Å². The number of halogens is 1. The van der Waals surface area contributed by atoms with Crippen LogP contribution in [0.5, 0.6) is 0 Å². The maximum Gasteiger partial charge on any atom is 0.253 e. The Morgan fingerprint density at radius 3 is 2.19 bits per heavy atom. The Morgan fingerprint density at radius 1 is 1.25 bits per heavy atom. The minimum atomic E-state index is -0.324. The number of carbonyl (C=O) groups is 1. The fourth-order valence-electron chi connectivity index (χ4n) is 1.60. The number of hydrogen-bond acceptors (Lipinski definition) is 1. The second kappa shape index (κ2) is 4.64. The summed E-state index contributed by atoms with van der Waals surface area (Å²) in [7, 11) is 1.76. The molecule has 0 atom stereocenters. The Hall–Kier alpha value is -1.38. The first kappa shape index (κ1) is 12.7. The lowest BCUT2D eigenvalue weighted by Gasteiger charge is -2.26. The van der Waals surface area contributed by atoms with Crippen molar-refractivity contribution in [2.45, 2.75) is 20.8 Å². The van der Waals surface area contributed by atoms with Crippen LogP contribution in [0.4, 0.5) is 4.39 Å². The predicted molar refractivity (Wildman–Crippen MR) is 62.8 cm³/mol. The third-order valence-electron chi connectivity index (χ3n) is 2.15. The van der Waals surface area contributed by atoms with Crippen LogP contribution in [0.2, 0.25) is 0 Å². The number of benzene rings is 1. The van der Waals surface area contributed by atoms with Gasteiger partial charge in [-0.3, -0.25) is 4.79 Å². The SMILES string of the molecule is CN(CC(C)(C)C)C(=O)c1ccc(F)cc1. The summed E-state index contributed by atoms with van der Waals surface area (Å²) in [4.78, 5) is 13.6. The van der Waals surface area contributed by atoms with Gasteiger partial charge in [0.25, 0.3) is 5.91 Å². The van der Waals surface area contributed by atoms with Gasteiger partial charge in [-0.25, -0.2) is 4.39 Å². The molecule has 3 heteroatoms. The number of rotatable bonds is 2. The quantitative estimate of drug-likeness (QED) is 0.755. The Kier molecular flexibility index (Phi) is 3.68. The van der Waals surface area contributed by atoms with Crippen LogP contribution in [0.1, 0.15) is 31.1 Å². The molecule has 1 rings (SSSR count). The highest BCUT2D eigenvalue weighted by Crippen LogP contribution is 2.16. The molecule has 0 spiro atoms. The molecule has 0 N–H and O–H groups in total. The van der Waals surface area contributed by atoms with E-state index in [1.807, 2.05) is 0 Å². The van der Waals surface area contributed by atoms with Gasteiger partial charge in [-0.05, 0) is 29.7 Å².